The standard InChI is InChI=1S/C20H25F2N5O.HI/c1-2-24-20(25-9-11-28-17-4-3-8-23-13-17)26-16-7-10-27(14-16)19-6-5-15(21)12-18(19)22;/h3-6,8,12-13,16H,2,7,9-11,14H2,1H3,(H2,24,25,26);1H. The highest BCUT2D eigenvalue weighted by atomic mass is 127. The molecule has 0 aliphatic carbocycles. The summed E-state index contributed by atoms with van der Waals surface area (Å²) in [4.78, 5) is 10.4. The number of guanidine groups is 1. The third-order valence-electron chi connectivity index (χ3n) is 4.39. The van der Waals surface area contributed by atoms with Crippen molar-refractivity contribution in [1.82, 2.24) is 15.6 Å². The molecular formula is C20H26F2IN5O. The van der Waals surface area contributed by atoms with Gasteiger partial charge in [-0.25, -0.2) is 13.8 Å². The predicted molar refractivity (Wildman–Crippen MR) is 121 cm³/mol. The average molecular weight is 517 g/mol. The van der Waals surface area contributed by atoms with Gasteiger partial charge in [0, 0.05) is 37.9 Å². The fourth-order valence-corrected chi connectivity index (χ4v) is 3.10. The summed E-state index contributed by atoms with van der Waals surface area (Å²) in [5, 5.41) is 6.59. The Morgan fingerprint density at radius 2 is 2.21 bits per heavy atom. The molecule has 3 rings (SSSR count). The maximum atomic E-state index is 14.0. The highest BCUT2D eigenvalue weighted by Crippen LogP contribution is 2.24. The molecule has 158 valence electrons. The molecule has 1 atom stereocenters. The predicted octanol–water partition coefficient (Wildman–Crippen LogP) is 3.19. The first-order valence-corrected chi connectivity index (χ1v) is 9.43. The number of nitrogens with one attached hydrogen (secondary N) is 2. The fraction of sp³-hybridized carbons (Fsp3) is 0.400. The van der Waals surface area contributed by atoms with Crippen LogP contribution in [0.2, 0.25) is 0 Å². The zero-order valence-corrected chi connectivity index (χ0v) is 18.6. The van der Waals surface area contributed by atoms with E-state index >= 15 is 0 Å². The molecule has 0 spiro atoms. The molecule has 2 heterocycles. The summed E-state index contributed by atoms with van der Waals surface area (Å²) in [5.41, 5.74) is 0.428. The van der Waals surface area contributed by atoms with Crippen molar-refractivity contribution in [2.45, 2.75) is 19.4 Å². The molecule has 1 unspecified atom stereocenters. The largest absolute Gasteiger partial charge is 0.490 e. The molecular weight excluding hydrogens is 491 g/mol. The van der Waals surface area contributed by atoms with E-state index in [1.807, 2.05) is 24.0 Å². The number of anilines is 1. The van der Waals surface area contributed by atoms with E-state index in [4.69, 9.17) is 4.74 Å². The van der Waals surface area contributed by atoms with Crippen LogP contribution in [0.1, 0.15) is 13.3 Å². The molecule has 0 bridgehead atoms. The van der Waals surface area contributed by atoms with Gasteiger partial charge >= 0.3 is 0 Å². The van der Waals surface area contributed by atoms with Gasteiger partial charge in [-0.2, -0.15) is 0 Å². The lowest BCUT2D eigenvalue weighted by atomic mass is 10.2. The van der Waals surface area contributed by atoms with Crippen molar-refractivity contribution in [3.8, 4) is 5.75 Å². The second-order valence-corrected chi connectivity index (χ2v) is 6.47. The van der Waals surface area contributed by atoms with E-state index in [0.29, 0.717) is 43.6 Å². The number of aromatic nitrogens is 1. The summed E-state index contributed by atoms with van der Waals surface area (Å²) in [7, 11) is 0. The van der Waals surface area contributed by atoms with Gasteiger partial charge in [0.1, 0.15) is 24.0 Å². The van der Waals surface area contributed by atoms with Crippen LogP contribution >= 0.6 is 24.0 Å². The van der Waals surface area contributed by atoms with Gasteiger partial charge in [-0.05, 0) is 37.6 Å². The van der Waals surface area contributed by atoms with Crippen LogP contribution in [0.15, 0.2) is 47.7 Å². The highest BCUT2D eigenvalue weighted by molar-refractivity contribution is 14.0. The average Bonchev–Trinajstić information content (AvgIpc) is 3.14. The van der Waals surface area contributed by atoms with Crippen LogP contribution in [0, 0.1) is 11.6 Å². The van der Waals surface area contributed by atoms with Crippen LogP contribution < -0.4 is 20.3 Å². The Morgan fingerprint density at radius 3 is 2.93 bits per heavy atom. The quantitative estimate of drug-likeness (QED) is 0.256. The maximum absolute atomic E-state index is 14.0. The zero-order chi connectivity index (χ0) is 19.8. The Kier molecular flexibility index (Phi) is 9.36. The first-order valence-electron chi connectivity index (χ1n) is 9.43. The molecule has 1 aliphatic heterocycles. The van der Waals surface area contributed by atoms with Gasteiger partial charge in [-0.1, -0.05) is 0 Å². The Bertz CT molecular complexity index is 794. The molecule has 6 nitrogen and oxygen atoms in total. The number of hydrogen-bond acceptors (Lipinski definition) is 4. The van der Waals surface area contributed by atoms with Gasteiger partial charge in [0.05, 0.1) is 18.4 Å². The topological polar surface area (TPSA) is 61.8 Å². The number of nitrogens with zero attached hydrogens (tertiary/aromatic N) is 3. The van der Waals surface area contributed by atoms with Crippen molar-refractivity contribution in [3.05, 3.63) is 54.4 Å². The Morgan fingerprint density at radius 1 is 1.34 bits per heavy atom. The SMILES string of the molecule is CCNC(=NCCOc1cccnc1)NC1CCN(c2ccc(F)cc2F)C1.I. The summed E-state index contributed by atoms with van der Waals surface area (Å²) in [5.74, 6) is 0.311. The molecule has 9 heteroatoms. The monoisotopic (exact) mass is 517 g/mol. The van der Waals surface area contributed by atoms with Crippen LogP contribution in [0.25, 0.3) is 0 Å². The van der Waals surface area contributed by atoms with Crippen LogP contribution in [0.5, 0.6) is 5.75 Å². The van der Waals surface area contributed by atoms with Gasteiger partial charge < -0.3 is 20.3 Å². The zero-order valence-electron chi connectivity index (χ0n) is 16.3. The van der Waals surface area contributed by atoms with E-state index in [9.17, 15) is 8.78 Å². The van der Waals surface area contributed by atoms with Gasteiger partial charge in [0.15, 0.2) is 5.96 Å². The summed E-state index contributed by atoms with van der Waals surface area (Å²) < 4.78 is 32.7. The summed E-state index contributed by atoms with van der Waals surface area (Å²) >= 11 is 0. The molecule has 1 aromatic heterocycles. The van der Waals surface area contributed by atoms with Crippen molar-refractivity contribution in [2.75, 3.05) is 37.7 Å². The lowest BCUT2D eigenvalue weighted by molar-refractivity contribution is 0.327. The van der Waals surface area contributed by atoms with Crippen molar-refractivity contribution >= 4 is 35.6 Å². The minimum atomic E-state index is -0.565. The van der Waals surface area contributed by atoms with Crippen molar-refractivity contribution in [3.63, 3.8) is 0 Å². The van der Waals surface area contributed by atoms with Gasteiger partial charge in [-0.15, -0.1) is 24.0 Å². The van der Waals surface area contributed by atoms with Crippen LogP contribution in [0.3, 0.4) is 0 Å². The Balaban J connectivity index is 0.00000300. The molecule has 2 aromatic rings. The van der Waals surface area contributed by atoms with E-state index in [1.54, 1.807) is 12.4 Å². The second-order valence-electron chi connectivity index (χ2n) is 6.47. The van der Waals surface area contributed by atoms with E-state index in [1.165, 1.54) is 12.1 Å². The van der Waals surface area contributed by atoms with Crippen LogP contribution in [-0.4, -0.2) is 49.8 Å². The van der Waals surface area contributed by atoms with Gasteiger partial charge in [0.25, 0.3) is 0 Å². The minimum absolute atomic E-state index is 0. The number of halogens is 3. The molecule has 1 aliphatic rings. The second kappa shape index (κ2) is 11.7. The van der Waals surface area contributed by atoms with E-state index in [2.05, 4.69) is 20.6 Å². The summed E-state index contributed by atoms with van der Waals surface area (Å²) in [6.45, 7) is 4.99. The molecule has 1 fully saturated rings. The minimum Gasteiger partial charge on any atom is -0.490 e. The molecule has 29 heavy (non-hydrogen) atoms. The first-order chi connectivity index (χ1) is 13.7. The number of benzene rings is 1. The van der Waals surface area contributed by atoms with Crippen LogP contribution in [-0.2, 0) is 0 Å². The summed E-state index contributed by atoms with van der Waals surface area (Å²) in [6.07, 6.45) is 4.20. The van der Waals surface area contributed by atoms with E-state index < -0.39 is 11.6 Å². The first kappa shape index (κ1) is 23.1. The normalized spacial score (nSPS) is 16.3. The smallest absolute Gasteiger partial charge is 0.191 e. The van der Waals surface area contributed by atoms with Gasteiger partial charge in [-0.3, -0.25) is 4.98 Å². The van der Waals surface area contributed by atoms with E-state index in [-0.39, 0.29) is 30.0 Å². The summed E-state index contributed by atoms with van der Waals surface area (Å²) in [6, 6.07) is 7.49. The van der Waals surface area contributed by atoms with Gasteiger partial charge in [0.2, 0.25) is 0 Å². The highest BCUT2D eigenvalue weighted by Gasteiger charge is 2.25. The van der Waals surface area contributed by atoms with E-state index in [0.717, 1.165) is 19.0 Å². The lowest BCUT2D eigenvalue weighted by Crippen LogP contribution is -2.44. The molecule has 0 radical (unpaired) electrons. The van der Waals surface area contributed by atoms with Crippen molar-refractivity contribution < 1.29 is 13.5 Å². The number of aliphatic imine (C=N–C) groups is 1. The molecule has 0 amide bonds. The molecule has 2 N–H and O–H groups in total. The number of hydrogen-bond donors (Lipinski definition) is 2. The van der Waals surface area contributed by atoms with Crippen molar-refractivity contribution in [1.29, 1.82) is 0 Å². The third kappa shape index (κ3) is 6.98. The fourth-order valence-electron chi connectivity index (χ4n) is 3.10. The number of pyridine rings is 1. The lowest BCUT2D eigenvalue weighted by Gasteiger charge is -2.21. The van der Waals surface area contributed by atoms with Crippen molar-refractivity contribution in [2.24, 2.45) is 4.99 Å². The maximum Gasteiger partial charge on any atom is 0.191 e. The Labute approximate surface area is 186 Å². The van der Waals surface area contributed by atoms with Crippen LogP contribution in [0.4, 0.5) is 14.5 Å². The molecule has 0 saturated carbocycles. The number of rotatable bonds is 7. The molecule has 1 aromatic carbocycles. The molecule has 1 saturated heterocycles. The third-order valence-corrected chi connectivity index (χ3v) is 4.39. The number of ether oxygens (including phenoxy) is 1. The Hall–Kier alpha value is -2.17.